The van der Waals surface area contributed by atoms with Crippen LogP contribution in [0.4, 0.5) is 0 Å². The third-order valence-electron chi connectivity index (χ3n) is 3.93. The molecule has 1 aromatic carbocycles. The van der Waals surface area contributed by atoms with E-state index in [1.54, 1.807) is 20.3 Å². The molecule has 1 saturated carbocycles. The summed E-state index contributed by atoms with van der Waals surface area (Å²) in [5, 5.41) is 11.6. The molecule has 22 heavy (non-hydrogen) atoms. The molecule has 6 heteroatoms. The Morgan fingerprint density at radius 1 is 1.27 bits per heavy atom. The Kier molecular flexibility index (Phi) is 4.30. The van der Waals surface area contributed by atoms with Gasteiger partial charge in [-0.3, -0.25) is 4.79 Å². The minimum atomic E-state index is -1.28. The van der Waals surface area contributed by atoms with Gasteiger partial charge in [-0.05, 0) is 38.5 Å². The van der Waals surface area contributed by atoms with E-state index in [-0.39, 0.29) is 17.7 Å². The largest absolute Gasteiger partial charge is 0.497 e. The Hall–Kier alpha value is -2.24. The average Bonchev–Trinajstić information content (AvgIpc) is 3.26. The molecule has 1 aliphatic carbocycles. The average molecular weight is 307 g/mol. The van der Waals surface area contributed by atoms with E-state index < -0.39 is 11.5 Å². The molecule has 1 aliphatic rings. The number of methoxy groups -OCH3 is 2. The summed E-state index contributed by atoms with van der Waals surface area (Å²) in [6.45, 7) is 2.94. The van der Waals surface area contributed by atoms with Gasteiger partial charge in [-0.1, -0.05) is 0 Å². The number of amides is 1. The number of carboxylic acids is 1. The molecule has 0 saturated heterocycles. The maximum Gasteiger partial charge on any atom is 0.328 e. The molecule has 0 spiro atoms. The molecule has 2 rings (SSSR count). The summed E-state index contributed by atoms with van der Waals surface area (Å²) in [7, 11) is 3.16. The lowest BCUT2D eigenvalue weighted by molar-refractivity contribution is -0.146. The first-order chi connectivity index (χ1) is 10.3. The van der Waals surface area contributed by atoms with E-state index in [1.807, 2.05) is 12.1 Å². The third kappa shape index (κ3) is 3.16. The Morgan fingerprint density at radius 3 is 2.50 bits per heavy atom. The Balaban J connectivity index is 2.12. The van der Waals surface area contributed by atoms with Crippen molar-refractivity contribution in [3.05, 3.63) is 23.8 Å². The zero-order chi connectivity index (χ0) is 16.5. The lowest BCUT2D eigenvalue weighted by atomic mass is 10.0. The molecule has 120 valence electrons. The van der Waals surface area contributed by atoms with Crippen LogP contribution in [0.2, 0.25) is 0 Å². The number of carboxylic acid groups (broad SMARTS) is 1. The fraction of sp³-hybridized carbons (Fsp3) is 0.500. The summed E-state index contributed by atoms with van der Waals surface area (Å²) >= 11 is 0. The van der Waals surface area contributed by atoms with Crippen molar-refractivity contribution in [2.75, 3.05) is 14.2 Å². The van der Waals surface area contributed by atoms with Crippen molar-refractivity contribution in [3.63, 3.8) is 0 Å². The van der Waals surface area contributed by atoms with Crippen LogP contribution in [0.15, 0.2) is 18.2 Å². The van der Waals surface area contributed by atoms with E-state index in [4.69, 9.17) is 14.6 Å². The smallest absolute Gasteiger partial charge is 0.328 e. The molecular formula is C16H21NO5. The highest BCUT2D eigenvalue weighted by molar-refractivity contribution is 5.89. The van der Waals surface area contributed by atoms with Crippen molar-refractivity contribution >= 4 is 11.9 Å². The van der Waals surface area contributed by atoms with Crippen LogP contribution in [-0.4, -0.2) is 36.7 Å². The zero-order valence-electron chi connectivity index (χ0n) is 13.2. The summed E-state index contributed by atoms with van der Waals surface area (Å²) in [5.74, 6) is -0.111. The number of hydrogen-bond donors (Lipinski definition) is 2. The van der Waals surface area contributed by atoms with Gasteiger partial charge in [-0.2, -0.15) is 0 Å². The molecule has 0 bridgehead atoms. The van der Waals surface area contributed by atoms with Gasteiger partial charge in [0, 0.05) is 17.4 Å². The molecule has 2 unspecified atom stereocenters. The number of carbonyl (C=O) groups is 2. The molecule has 1 fully saturated rings. The van der Waals surface area contributed by atoms with Crippen molar-refractivity contribution in [1.29, 1.82) is 0 Å². The second kappa shape index (κ2) is 5.87. The Morgan fingerprint density at radius 2 is 1.95 bits per heavy atom. The van der Waals surface area contributed by atoms with Gasteiger partial charge in [0.15, 0.2) is 0 Å². The predicted molar refractivity (Wildman–Crippen MR) is 80.3 cm³/mol. The summed E-state index contributed by atoms with van der Waals surface area (Å²) in [6.07, 6.45) is 0.672. The lowest BCUT2D eigenvalue weighted by Gasteiger charge is -2.21. The van der Waals surface area contributed by atoms with Crippen LogP contribution in [0.25, 0.3) is 0 Å². The van der Waals surface area contributed by atoms with E-state index in [9.17, 15) is 9.59 Å². The minimum Gasteiger partial charge on any atom is -0.497 e. The van der Waals surface area contributed by atoms with E-state index in [1.165, 1.54) is 13.8 Å². The van der Waals surface area contributed by atoms with Crippen molar-refractivity contribution in [3.8, 4) is 11.5 Å². The van der Waals surface area contributed by atoms with Crippen LogP contribution < -0.4 is 14.8 Å². The molecule has 0 aliphatic heterocycles. The number of carbonyl (C=O) groups excluding carboxylic acids is 1. The van der Waals surface area contributed by atoms with Gasteiger partial charge < -0.3 is 19.9 Å². The Labute approximate surface area is 129 Å². The molecular weight excluding hydrogens is 286 g/mol. The second-order valence-corrected chi connectivity index (χ2v) is 5.98. The SMILES string of the molecule is COc1ccc(OC)c(C2CC2C(=O)NC(C)(C)C(=O)O)c1. The monoisotopic (exact) mass is 307 g/mol. The summed E-state index contributed by atoms with van der Waals surface area (Å²) < 4.78 is 10.5. The highest BCUT2D eigenvalue weighted by atomic mass is 16.5. The normalized spacial score (nSPS) is 20.2. The first kappa shape index (κ1) is 16.1. The van der Waals surface area contributed by atoms with Gasteiger partial charge >= 0.3 is 5.97 Å². The summed E-state index contributed by atoms with van der Waals surface area (Å²) in [4.78, 5) is 23.3. The van der Waals surface area contributed by atoms with Crippen LogP contribution in [0.5, 0.6) is 11.5 Å². The zero-order valence-corrected chi connectivity index (χ0v) is 13.2. The third-order valence-corrected chi connectivity index (χ3v) is 3.93. The molecule has 2 atom stereocenters. The van der Waals surface area contributed by atoms with Gasteiger partial charge in [0.05, 0.1) is 14.2 Å². The van der Waals surface area contributed by atoms with Crippen LogP contribution in [-0.2, 0) is 9.59 Å². The number of aliphatic carboxylic acids is 1. The molecule has 0 aromatic heterocycles. The van der Waals surface area contributed by atoms with Crippen molar-refractivity contribution < 1.29 is 24.2 Å². The van der Waals surface area contributed by atoms with Crippen molar-refractivity contribution in [2.24, 2.45) is 5.92 Å². The highest BCUT2D eigenvalue weighted by Gasteiger charge is 2.47. The maximum absolute atomic E-state index is 12.2. The fourth-order valence-corrected chi connectivity index (χ4v) is 2.41. The molecule has 0 heterocycles. The van der Waals surface area contributed by atoms with E-state index >= 15 is 0 Å². The molecule has 6 nitrogen and oxygen atoms in total. The van der Waals surface area contributed by atoms with Crippen LogP contribution in [0, 0.1) is 5.92 Å². The van der Waals surface area contributed by atoms with Gasteiger partial charge in [0.1, 0.15) is 17.0 Å². The van der Waals surface area contributed by atoms with E-state index in [0.29, 0.717) is 17.9 Å². The highest BCUT2D eigenvalue weighted by Crippen LogP contribution is 2.51. The predicted octanol–water partition coefficient (Wildman–Crippen LogP) is 1.79. The van der Waals surface area contributed by atoms with Gasteiger partial charge in [-0.25, -0.2) is 4.79 Å². The molecule has 0 radical (unpaired) electrons. The fourth-order valence-electron chi connectivity index (χ4n) is 2.41. The van der Waals surface area contributed by atoms with Crippen molar-refractivity contribution in [1.82, 2.24) is 5.32 Å². The van der Waals surface area contributed by atoms with Crippen molar-refractivity contribution in [2.45, 2.75) is 31.7 Å². The van der Waals surface area contributed by atoms with E-state index in [2.05, 4.69) is 5.32 Å². The number of hydrogen-bond acceptors (Lipinski definition) is 4. The van der Waals surface area contributed by atoms with Crippen LogP contribution >= 0.6 is 0 Å². The summed E-state index contributed by atoms with van der Waals surface area (Å²) in [5.41, 5.74) is -0.363. The Bertz CT molecular complexity index is 596. The quantitative estimate of drug-likeness (QED) is 0.837. The first-order valence-electron chi connectivity index (χ1n) is 7.07. The van der Waals surface area contributed by atoms with Gasteiger partial charge in [0.2, 0.25) is 5.91 Å². The standard InChI is InChI=1S/C16H21NO5/c1-16(2,15(19)20)17-14(18)12-8-10(12)11-7-9(21-3)5-6-13(11)22-4/h5-7,10,12H,8H2,1-4H3,(H,17,18)(H,19,20). The second-order valence-electron chi connectivity index (χ2n) is 5.98. The number of ether oxygens (including phenoxy) is 2. The van der Waals surface area contributed by atoms with E-state index in [0.717, 1.165) is 5.56 Å². The molecule has 2 N–H and O–H groups in total. The van der Waals surface area contributed by atoms with Crippen LogP contribution in [0.3, 0.4) is 0 Å². The molecule has 1 aromatic rings. The lowest BCUT2D eigenvalue weighted by Crippen LogP contribution is -2.50. The maximum atomic E-state index is 12.2. The first-order valence-corrected chi connectivity index (χ1v) is 7.07. The number of nitrogens with one attached hydrogen (secondary N) is 1. The number of benzene rings is 1. The summed E-state index contributed by atoms with van der Waals surface area (Å²) in [6, 6.07) is 5.47. The van der Waals surface area contributed by atoms with Gasteiger partial charge in [-0.15, -0.1) is 0 Å². The number of rotatable bonds is 6. The topological polar surface area (TPSA) is 84.9 Å². The molecule has 1 amide bonds. The van der Waals surface area contributed by atoms with Crippen LogP contribution in [0.1, 0.15) is 31.7 Å². The van der Waals surface area contributed by atoms with Gasteiger partial charge in [0.25, 0.3) is 0 Å². The minimum absolute atomic E-state index is 0.0228.